The number of rotatable bonds is 6. The van der Waals surface area contributed by atoms with Crippen molar-refractivity contribution >= 4 is 92.2 Å². The fourth-order valence-electron chi connectivity index (χ4n) is 8.93. The molecule has 12 aromatic rings. The van der Waals surface area contributed by atoms with Crippen LogP contribution in [0.4, 0.5) is 17.1 Å². The molecule has 0 spiro atoms. The van der Waals surface area contributed by atoms with E-state index >= 15 is 0 Å². The number of aromatic nitrogens is 3. The summed E-state index contributed by atoms with van der Waals surface area (Å²) in [5, 5.41) is 7.33. The van der Waals surface area contributed by atoms with Crippen LogP contribution < -0.4 is 4.90 Å². The summed E-state index contributed by atoms with van der Waals surface area (Å²) in [6.45, 7) is 0. The second kappa shape index (κ2) is 13.0. The van der Waals surface area contributed by atoms with Crippen LogP contribution in [0, 0.1) is 12.1 Å². The van der Waals surface area contributed by atoms with Crippen LogP contribution in [-0.4, -0.2) is 14.1 Å². The first kappa shape index (κ1) is 32.6. The smallest absolute Gasteiger partial charge is 0.0974 e. The first-order chi connectivity index (χ1) is 28.8. The molecular formula is C53H32N4S. The van der Waals surface area contributed by atoms with Crippen molar-refractivity contribution in [1.82, 2.24) is 14.1 Å². The molecule has 4 aromatic heterocycles. The summed E-state index contributed by atoms with van der Waals surface area (Å²) < 4.78 is 7.36. The molecule has 0 aliphatic carbocycles. The fraction of sp³-hybridized carbons (Fsp3) is 0. The van der Waals surface area contributed by atoms with Gasteiger partial charge in [-0.15, -0.1) is 11.3 Å². The van der Waals surface area contributed by atoms with E-state index in [-0.39, 0.29) is 0 Å². The molecule has 4 heterocycles. The first-order valence-electron chi connectivity index (χ1n) is 19.5. The van der Waals surface area contributed by atoms with Crippen molar-refractivity contribution < 1.29 is 0 Å². The largest absolute Gasteiger partial charge is 0.309 e. The van der Waals surface area contributed by atoms with E-state index in [1.54, 1.807) is 0 Å². The summed E-state index contributed by atoms with van der Waals surface area (Å²) in [5.74, 6) is 0. The Morgan fingerprint density at radius 1 is 0.448 bits per heavy atom. The average Bonchev–Trinajstić information content (AvgIpc) is 3.95. The molecule has 4 nitrogen and oxygen atoms in total. The summed E-state index contributed by atoms with van der Waals surface area (Å²) in [4.78, 5) is 7.00. The molecule has 0 aliphatic rings. The summed E-state index contributed by atoms with van der Waals surface area (Å²) in [7, 11) is 0. The summed E-state index contributed by atoms with van der Waals surface area (Å²) >= 11 is 1.85. The number of fused-ring (bicyclic) bond motifs is 9. The standard InChI is InChI=1S/C53H32N4S/c1-2-14-36(15-3-1)56(47-23-12-22-46-52(47)40-17-4-7-20-44(40)55(46)37-29-27-35(28-30-37)43-19-10-11-33-54-43)48-24-13-25-49-53(48)41-18-5-8-21-45(41)57(49)38-31-32-51-42(34-38)39-16-6-9-26-50(39)58-51/h1-27,29,31-34H. The topological polar surface area (TPSA) is 26.0 Å². The Balaban J connectivity index is 1.11. The normalized spacial score (nSPS) is 11.7. The van der Waals surface area contributed by atoms with Crippen molar-refractivity contribution in [2.45, 2.75) is 0 Å². The van der Waals surface area contributed by atoms with Crippen molar-refractivity contribution in [2.24, 2.45) is 0 Å². The van der Waals surface area contributed by atoms with Crippen LogP contribution in [0.1, 0.15) is 0 Å². The Morgan fingerprint density at radius 2 is 1.07 bits per heavy atom. The van der Waals surface area contributed by atoms with Crippen LogP contribution in [0.5, 0.6) is 0 Å². The van der Waals surface area contributed by atoms with Crippen molar-refractivity contribution in [1.29, 1.82) is 0 Å². The van der Waals surface area contributed by atoms with Crippen LogP contribution in [0.2, 0.25) is 0 Å². The maximum absolute atomic E-state index is 4.54. The number of pyridine rings is 1. The predicted octanol–water partition coefficient (Wildman–Crippen LogP) is 14.4. The van der Waals surface area contributed by atoms with Gasteiger partial charge in [-0.3, -0.25) is 4.98 Å². The number of para-hydroxylation sites is 3. The fourth-order valence-corrected chi connectivity index (χ4v) is 10.0. The molecule has 12 rings (SSSR count). The Bertz CT molecular complexity index is 3510. The predicted molar refractivity (Wildman–Crippen MR) is 244 cm³/mol. The van der Waals surface area contributed by atoms with E-state index in [1.807, 2.05) is 35.7 Å². The van der Waals surface area contributed by atoms with Gasteiger partial charge in [0.25, 0.3) is 0 Å². The number of thiophene rings is 1. The van der Waals surface area contributed by atoms with Gasteiger partial charge in [-0.2, -0.15) is 0 Å². The van der Waals surface area contributed by atoms with E-state index in [9.17, 15) is 0 Å². The molecule has 0 radical (unpaired) electrons. The zero-order valence-corrected chi connectivity index (χ0v) is 32.0. The highest BCUT2D eigenvalue weighted by Gasteiger charge is 2.25. The Morgan fingerprint density at radius 3 is 1.78 bits per heavy atom. The third-order valence-electron chi connectivity index (χ3n) is 11.4. The molecule has 0 saturated heterocycles. The van der Waals surface area contributed by atoms with Crippen molar-refractivity contribution in [3.05, 3.63) is 206 Å². The minimum absolute atomic E-state index is 0.879. The molecule has 0 N–H and O–H groups in total. The molecule has 8 aromatic carbocycles. The molecule has 58 heavy (non-hydrogen) atoms. The molecule has 0 aliphatic heterocycles. The second-order valence-electron chi connectivity index (χ2n) is 14.6. The zero-order chi connectivity index (χ0) is 38.2. The van der Waals surface area contributed by atoms with Crippen molar-refractivity contribution in [2.75, 3.05) is 4.90 Å². The highest BCUT2D eigenvalue weighted by Crippen LogP contribution is 2.48. The maximum Gasteiger partial charge on any atom is 0.0974 e. The highest BCUT2D eigenvalue weighted by molar-refractivity contribution is 7.25. The van der Waals surface area contributed by atoms with Crippen LogP contribution in [0.25, 0.3) is 86.4 Å². The lowest BCUT2D eigenvalue weighted by atomic mass is 10.1. The van der Waals surface area contributed by atoms with E-state index in [4.69, 9.17) is 0 Å². The molecule has 0 unspecified atom stereocenters. The summed E-state index contributed by atoms with van der Waals surface area (Å²) in [6.07, 6.45) is 1.81. The van der Waals surface area contributed by atoms with Gasteiger partial charge in [-0.1, -0.05) is 97.1 Å². The van der Waals surface area contributed by atoms with Crippen LogP contribution >= 0.6 is 11.3 Å². The van der Waals surface area contributed by atoms with Gasteiger partial charge < -0.3 is 14.0 Å². The third kappa shape index (κ3) is 4.93. The molecule has 0 amide bonds. The molecular weight excluding hydrogens is 725 g/mol. The van der Waals surface area contributed by atoms with E-state index < -0.39 is 0 Å². The van der Waals surface area contributed by atoms with Gasteiger partial charge in [0.2, 0.25) is 0 Å². The van der Waals surface area contributed by atoms with Gasteiger partial charge in [-0.05, 0) is 103 Å². The van der Waals surface area contributed by atoms with Crippen molar-refractivity contribution in [3.8, 4) is 22.6 Å². The molecule has 270 valence electrons. The van der Waals surface area contributed by atoms with E-state index in [0.717, 1.165) is 56.2 Å². The highest BCUT2D eigenvalue weighted by atomic mass is 32.1. The zero-order valence-electron chi connectivity index (χ0n) is 31.2. The number of anilines is 3. The van der Waals surface area contributed by atoms with E-state index in [0.29, 0.717) is 0 Å². The quantitative estimate of drug-likeness (QED) is 0.169. The third-order valence-corrected chi connectivity index (χ3v) is 12.5. The number of nitrogens with zero attached hydrogens (tertiary/aromatic N) is 4. The SMILES string of the molecule is c1c(-c2ccccn2)ccc(-n2c3ccccc3c3c(N(c4ccccc4)c4cccc5c4c4ccccc4n5-c4ccc5sc6ccccc6c5c4)cccc32)c#1. The van der Waals surface area contributed by atoms with Gasteiger partial charge in [0, 0.05) is 59.3 Å². The molecule has 0 atom stereocenters. The lowest BCUT2D eigenvalue weighted by molar-refractivity contribution is 1.18. The summed E-state index contributed by atoms with van der Waals surface area (Å²) in [6, 6.07) is 74.4. The van der Waals surface area contributed by atoms with Gasteiger partial charge >= 0.3 is 0 Å². The first-order valence-corrected chi connectivity index (χ1v) is 20.3. The van der Waals surface area contributed by atoms with Gasteiger partial charge in [0.1, 0.15) is 0 Å². The van der Waals surface area contributed by atoms with E-state index in [2.05, 4.69) is 201 Å². The maximum atomic E-state index is 4.54. The monoisotopic (exact) mass is 756 g/mol. The average molecular weight is 757 g/mol. The molecule has 0 bridgehead atoms. The Hall–Kier alpha value is -7.65. The Labute approximate surface area is 338 Å². The van der Waals surface area contributed by atoms with Crippen LogP contribution in [0.3, 0.4) is 0 Å². The van der Waals surface area contributed by atoms with Gasteiger partial charge in [-0.25, -0.2) is 0 Å². The second-order valence-corrected chi connectivity index (χ2v) is 15.7. The lowest BCUT2D eigenvalue weighted by Gasteiger charge is -2.27. The summed E-state index contributed by atoms with van der Waals surface area (Å²) in [5.41, 5.74) is 11.7. The number of benzene rings is 7. The van der Waals surface area contributed by atoms with Crippen LogP contribution in [0.15, 0.2) is 194 Å². The van der Waals surface area contributed by atoms with Gasteiger partial charge in [0.15, 0.2) is 0 Å². The van der Waals surface area contributed by atoms with E-state index in [1.165, 1.54) is 47.2 Å². The van der Waals surface area contributed by atoms with Gasteiger partial charge in [0.05, 0.1) is 50.4 Å². The number of hydrogen-bond acceptors (Lipinski definition) is 3. The minimum atomic E-state index is 0.879. The minimum Gasteiger partial charge on any atom is -0.309 e. The molecule has 0 fully saturated rings. The number of hydrogen-bond donors (Lipinski definition) is 0. The molecule has 5 heteroatoms. The lowest BCUT2D eigenvalue weighted by Crippen LogP contribution is -2.11. The van der Waals surface area contributed by atoms with Crippen molar-refractivity contribution in [3.63, 3.8) is 0 Å². The van der Waals surface area contributed by atoms with Crippen LogP contribution in [-0.2, 0) is 0 Å². The Kier molecular flexibility index (Phi) is 7.28. The molecule has 0 saturated carbocycles.